The molecular formula is C14H18ClNO3. The van der Waals surface area contributed by atoms with Gasteiger partial charge in [0.25, 0.3) is 5.91 Å². The minimum atomic E-state index is -0.521. The lowest BCUT2D eigenvalue weighted by atomic mass is 9.92. The Morgan fingerprint density at radius 3 is 2.58 bits per heavy atom. The largest absolute Gasteiger partial charge is 0.303 e. The van der Waals surface area contributed by atoms with E-state index in [9.17, 15) is 9.59 Å². The summed E-state index contributed by atoms with van der Waals surface area (Å²) in [5, 5.41) is 0.714. The van der Waals surface area contributed by atoms with Gasteiger partial charge in [0, 0.05) is 18.8 Å². The molecule has 1 amide bonds. The number of hydroxylamine groups is 2. The van der Waals surface area contributed by atoms with Crippen molar-refractivity contribution in [1.82, 2.24) is 5.06 Å². The van der Waals surface area contributed by atoms with E-state index >= 15 is 0 Å². The summed E-state index contributed by atoms with van der Waals surface area (Å²) >= 11 is 6.29. The van der Waals surface area contributed by atoms with E-state index in [1.165, 1.54) is 7.11 Å². The highest BCUT2D eigenvalue weighted by Gasteiger charge is 2.30. The number of rotatable bonds is 7. The average molecular weight is 284 g/mol. The van der Waals surface area contributed by atoms with E-state index in [1.807, 2.05) is 30.3 Å². The van der Waals surface area contributed by atoms with Crippen LogP contribution in [0.2, 0.25) is 0 Å². The molecule has 1 aromatic carbocycles. The Bertz CT molecular complexity index is 410. The highest BCUT2D eigenvalue weighted by Crippen LogP contribution is 2.28. The van der Waals surface area contributed by atoms with Gasteiger partial charge < -0.3 is 4.79 Å². The fourth-order valence-corrected chi connectivity index (χ4v) is 2.23. The maximum Gasteiger partial charge on any atom is 0.254 e. The lowest BCUT2D eigenvalue weighted by Crippen LogP contribution is -2.35. The topological polar surface area (TPSA) is 46.6 Å². The van der Waals surface area contributed by atoms with Gasteiger partial charge in [-0.3, -0.25) is 9.63 Å². The quantitative estimate of drug-likeness (QED) is 0.438. The summed E-state index contributed by atoms with van der Waals surface area (Å²) < 4.78 is 0. The van der Waals surface area contributed by atoms with Gasteiger partial charge in [-0.05, 0) is 12.0 Å². The first-order valence-electron chi connectivity index (χ1n) is 6.06. The lowest BCUT2D eigenvalue weighted by Gasteiger charge is -2.25. The molecule has 104 valence electrons. The van der Waals surface area contributed by atoms with Crippen LogP contribution in [-0.2, 0) is 14.4 Å². The third kappa shape index (κ3) is 4.33. The van der Waals surface area contributed by atoms with E-state index in [4.69, 9.17) is 16.4 Å². The zero-order chi connectivity index (χ0) is 14.3. The number of amides is 1. The maximum absolute atomic E-state index is 12.3. The van der Waals surface area contributed by atoms with Crippen molar-refractivity contribution in [3.8, 4) is 0 Å². The Labute approximate surface area is 118 Å². The van der Waals surface area contributed by atoms with Crippen LogP contribution in [0.1, 0.15) is 24.3 Å². The van der Waals surface area contributed by atoms with Gasteiger partial charge in [0.05, 0.1) is 13.0 Å². The monoisotopic (exact) mass is 283 g/mol. The summed E-state index contributed by atoms with van der Waals surface area (Å²) in [6, 6.07) is 9.28. The summed E-state index contributed by atoms with van der Waals surface area (Å²) in [6.45, 7) is 0. The fourth-order valence-electron chi connectivity index (χ4n) is 1.85. The number of nitrogens with zero attached hydrogens (tertiary/aromatic N) is 1. The number of benzene rings is 1. The molecule has 0 bridgehead atoms. The fraction of sp³-hybridized carbons (Fsp3) is 0.429. The van der Waals surface area contributed by atoms with Crippen LogP contribution in [0.25, 0.3) is 0 Å². The number of aldehydes is 1. The summed E-state index contributed by atoms with van der Waals surface area (Å²) in [5.41, 5.74) is 0.822. The average Bonchev–Trinajstić information content (AvgIpc) is 2.45. The van der Waals surface area contributed by atoms with Gasteiger partial charge in [-0.25, -0.2) is 5.06 Å². The first kappa shape index (κ1) is 15.7. The van der Waals surface area contributed by atoms with Gasteiger partial charge in [0.2, 0.25) is 0 Å². The Hall–Kier alpha value is -1.39. The molecule has 0 saturated heterocycles. The molecule has 0 aliphatic carbocycles. The molecule has 0 aliphatic rings. The highest BCUT2D eigenvalue weighted by atomic mass is 35.5. The summed E-state index contributed by atoms with van der Waals surface area (Å²) in [6.07, 6.45) is 1.59. The van der Waals surface area contributed by atoms with Crippen LogP contribution in [0.3, 0.4) is 0 Å². The summed E-state index contributed by atoms with van der Waals surface area (Å²) in [5.74, 6) is -0.743. The Balaban J connectivity index is 2.97. The van der Waals surface area contributed by atoms with Crippen molar-refractivity contribution in [2.45, 2.75) is 24.1 Å². The van der Waals surface area contributed by atoms with Gasteiger partial charge in [-0.2, -0.15) is 0 Å². The van der Waals surface area contributed by atoms with E-state index in [2.05, 4.69) is 0 Å². The van der Waals surface area contributed by atoms with E-state index in [1.54, 1.807) is 7.05 Å². The maximum atomic E-state index is 12.3. The SMILES string of the molecule is CON(C)C(=O)C(c1ccccc1)C(Cl)CCC=O. The second kappa shape index (κ2) is 7.92. The molecule has 4 nitrogen and oxygen atoms in total. The van der Waals surface area contributed by atoms with Crippen molar-refractivity contribution in [3.05, 3.63) is 35.9 Å². The predicted octanol–water partition coefficient (Wildman–Crippen LogP) is 2.38. The number of alkyl halides is 1. The number of halogens is 1. The molecule has 0 N–H and O–H groups in total. The smallest absolute Gasteiger partial charge is 0.254 e. The normalized spacial score (nSPS) is 13.6. The van der Waals surface area contributed by atoms with E-state index in [0.717, 1.165) is 16.9 Å². The van der Waals surface area contributed by atoms with Gasteiger partial charge in [-0.15, -0.1) is 11.6 Å². The van der Waals surface area contributed by atoms with Crippen LogP contribution in [0.15, 0.2) is 30.3 Å². The zero-order valence-corrected chi connectivity index (χ0v) is 11.8. The summed E-state index contributed by atoms with van der Waals surface area (Å²) in [4.78, 5) is 27.7. The molecule has 0 heterocycles. The molecule has 2 atom stereocenters. The number of hydrogen-bond donors (Lipinski definition) is 0. The standard InChI is InChI=1S/C14H18ClNO3/c1-16(19-2)14(18)13(12(15)9-6-10-17)11-7-4-3-5-8-11/h3-5,7-8,10,12-13H,6,9H2,1-2H3. The minimum absolute atomic E-state index is 0.223. The molecule has 2 unspecified atom stereocenters. The van der Waals surface area contributed by atoms with E-state index in [-0.39, 0.29) is 5.91 Å². The molecule has 5 heteroatoms. The minimum Gasteiger partial charge on any atom is -0.303 e. The van der Waals surface area contributed by atoms with E-state index in [0.29, 0.717) is 12.8 Å². The number of carbonyl (C=O) groups excluding carboxylic acids is 2. The Morgan fingerprint density at radius 1 is 1.42 bits per heavy atom. The molecular weight excluding hydrogens is 266 g/mol. The van der Waals surface area contributed by atoms with Gasteiger partial charge in [0.1, 0.15) is 6.29 Å². The van der Waals surface area contributed by atoms with Crippen molar-refractivity contribution in [3.63, 3.8) is 0 Å². The number of hydrogen-bond acceptors (Lipinski definition) is 3. The van der Waals surface area contributed by atoms with Crippen LogP contribution >= 0.6 is 11.6 Å². The van der Waals surface area contributed by atoms with Crippen molar-refractivity contribution in [2.24, 2.45) is 0 Å². The molecule has 19 heavy (non-hydrogen) atoms. The van der Waals surface area contributed by atoms with Gasteiger partial charge in [0.15, 0.2) is 0 Å². The first-order valence-corrected chi connectivity index (χ1v) is 6.49. The molecule has 1 rings (SSSR count). The molecule has 0 aromatic heterocycles. The van der Waals surface area contributed by atoms with Crippen LogP contribution in [0.5, 0.6) is 0 Å². The second-order valence-corrected chi connectivity index (χ2v) is 4.73. The van der Waals surface area contributed by atoms with Crippen LogP contribution in [0, 0.1) is 0 Å². The van der Waals surface area contributed by atoms with Crippen molar-refractivity contribution >= 4 is 23.8 Å². The Kier molecular flexibility index (Phi) is 6.53. The summed E-state index contributed by atoms with van der Waals surface area (Å²) in [7, 11) is 2.97. The third-order valence-corrected chi connectivity index (χ3v) is 3.40. The van der Waals surface area contributed by atoms with Gasteiger partial charge >= 0.3 is 0 Å². The molecule has 1 aromatic rings. The molecule has 0 spiro atoms. The van der Waals surface area contributed by atoms with Crippen molar-refractivity contribution in [1.29, 1.82) is 0 Å². The molecule has 0 fully saturated rings. The third-order valence-electron chi connectivity index (χ3n) is 2.93. The predicted molar refractivity (Wildman–Crippen MR) is 73.9 cm³/mol. The number of carbonyl (C=O) groups is 2. The van der Waals surface area contributed by atoms with Crippen LogP contribution < -0.4 is 0 Å². The lowest BCUT2D eigenvalue weighted by molar-refractivity contribution is -0.170. The second-order valence-electron chi connectivity index (χ2n) is 4.17. The molecule has 0 saturated carbocycles. The van der Waals surface area contributed by atoms with Crippen molar-refractivity contribution in [2.75, 3.05) is 14.2 Å². The highest BCUT2D eigenvalue weighted by molar-refractivity contribution is 6.22. The zero-order valence-electron chi connectivity index (χ0n) is 11.1. The molecule has 0 radical (unpaired) electrons. The number of likely N-dealkylation sites (N-methyl/N-ethyl adjacent to an activating group) is 1. The molecule has 0 aliphatic heterocycles. The van der Waals surface area contributed by atoms with Crippen molar-refractivity contribution < 1.29 is 14.4 Å². The van der Waals surface area contributed by atoms with Crippen LogP contribution in [-0.4, -0.2) is 36.8 Å². The first-order chi connectivity index (χ1) is 9.11. The van der Waals surface area contributed by atoms with E-state index < -0.39 is 11.3 Å². The van der Waals surface area contributed by atoms with Gasteiger partial charge in [-0.1, -0.05) is 30.3 Å². The van der Waals surface area contributed by atoms with Crippen LogP contribution in [0.4, 0.5) is 0 Å². The Morgan fingerprint density at radius 2 is 2.05 bits per heavy atom.